The molecule has 4 aliphatic heterocycles. The van der Waals surface area contributed by atoms with Gasteiger partial charge in [0.1, 0.15) is 18.3 Å². The number of hydrogen-bond acceptors (Lipinski definition) is 13. The number of nitrogens with zero attached hydrogens (tertiary/aromatic N) is 1. The normalized spacial score (nSPS) is 35.5. The van der Waals surface area contributed by atoms with Crippen LogP contribution in [0.2, 0.25) is 0 Å². The number of carbonyl (C=O) groups excluding carboxylic acids is 1. The van der Waals surface area contributed by atoms with Crippen molar-refractivity contribution in [1.29, 1.82) is 0 Å². The predicted octanol–water partition coefficient (Wildman–Crippen LogP) is 1.91. The van der Waals surface area contributed by atoms with Crippen molar-refractivity contribution in [3.05, 3.63) is 41.0 Å². The average Bonchev–Trinajstić information content (AvgIpc) is 3.63. The Labute approximate surface area is 254 Å². The summed E-state index contributed by atoms with van der Waals surface area (Å²) in [5.41, 5.74) is 2.23. The molecule has 0 bridgehead atoms. The molecule has 44 heavy (non-hydrogen) atoms. The number of aliphatic hydroxyl groups is 1. The number of likely N-dealkylation sites (N-methyl/N-ethyl adjacent to an activating group) is 1. The van der Waals surface area contributed by atoms with Crippen LogP contribution < -0.4 is 18.9 Å². The Morgan fingerprint density at radius 2 is 1.61 bits per heavy atom. The van der Waals surface area contributed by atoms with E-state index < -0.39 is 60.8 Å². The van der Waals surface area contributed by atoms with Crippen molar-refractivity contribution in [2.45, 2.75) is 55.9 Å². The summed E-state index contributed by atoms with van der Waals surface area (Å²) in [6, 6.07) is 6.57. The van der Waals surface area contributed by atoms with Crippen LogP contribution >= 0.6 is 0 Å². The molecular formula is C31H37NO12. The summed E-state index contributed by atoms with van der Waals surface area (Å²) in [7, 11) is 6.59. The van der Waals surface area contributed by atoms with E-state index in [0.29, 0.717) is 17.1 Å². The van der Waals surface area contributed by atoms with E-state index in [1.54, 1.807) is 19.1 Å². The van der Waals surface area contributed by atoms with Gasteiger partial charge < -0.3 is 52.8 Å². The lowest BCUT2D eigenvalue weighted by Crippen LogP contribution is -2.66. The van der Waals surface area contributed by atoms with Crippen LogP contribution in [0.1, 0.15) is 35.6 Å². The number of fused-ring (bicyclic) bond motifs is 4. The summed E-state index contributed by atoms with van der Waals surface area (Å²) >= 11 is 0. The zero-order chi connectivity index (χ0) is 30.9. The zero-order valence-electron chi connectivity index (χ0n) is 25.1. The van der Waals surface area contributed by atoms with Gasteiger partial charge in [-0.1, -0.05) is 0 Å². The lowest BCUT2D eigenvalue weighted by molar-refractivity contribution is -0.354. The molecule has 13 nitrogen and oxygen atoms in total. The minimum atomic E-state index is -0.929. The molecule has 2 N–H and O–H groups in total. The molecule has 0 amide bonds. The van der Waals surface area contributed by atoms with E-state index in [2.05, 4.69) is 0 Å². The molecule has 10 unspecified atom stereocenters. The van der Waals surface area contributed by atoms with Gasteiger partial charge in [0.25, 0.3) is 0 Å². The van der Waals surface area contributed by atoms with Gasteiger partial charge in [0, 0.05) is 11.8 Å². The predicted molar refractivity (Wildman–Crippen MR) is 150 cm³/mol. The van der Waals surface area contributed by atoms with Crippen LogP contribution in [0.5, 0.6) is 28.7 Å². The molecule has 13 heteroatoms. The molecule has 2 aromatic rings. The number of carbonyl (C=O) groups is 1. The number of phenols is 1. The first-order valence-electron chi connectivity index (χ1n) is 14.7. The van der Waals surface area contributed by atoms with E-state index in [1.165, 1.54) is 14.2 Å². The van der Waals surface area contributed by atoms with E-state index in [0.717, 1.165) is 11.1 Å². The van der Waals surface area contributed by atoms with Crippen molar-refractivity contribution in [1.82, 2.24) is 4.90 Å². The third-order valence-electron chi connectivity index (χ3n) is 9.34. The molecule has 3 saturated heterocycles. The average molecular weight is 616 g/mol. The number of cyclic esters (lactones) is 1. The van der Waals surface area contributed by atoms with E-state index in [-0.39, 0.29) is 43.2 Å². The summed E-state index contributed by atoms with van der Waals surface area (Å²) in [5, 5.41) is 22.1. The second kappa shape index (κ2) is 11.2. The number of esters is 1. The number of benzene rings is 2. The molecule has 0 saturated carbocycles. The second-order valence-electron chi connectivity index (χ2n) is 12.0. The maximum absolute atomic E-state index is 13.5. The molecule has 238 valence electrons. The molecule has 0 aromatic heterocycles. The van der Waals surface area contributed by atoms with Gasteiger partial charge in [0.2, 0.25) is 12.5 Å². The fourth-order valence-corrected chi connectivity index (χ4v) is 7.28. The lowest BCUT2D eigenvalue weighted by atomic mass is 9.66. The van der Waals surface area contributed by atoms with Crippen LogP contribution in [-0.4, -0.2) is 106 Å². The number of rotatable bonds is 6. The highest BCUT2D eigenvalue weighted by molar-refractivity contribution is 5.79. The Hall–Kier alpha value is -3.33. The fraction of sp³-hybridized carbons (Fsp3) is 0.581. The summed E-state index contributed by atoms with van der Waals surface area (Å²) in [6.45, 7) is 2.20. The maximum Gasteiger partial charge on any atom is 0.310 e. The Kier molecular flexibility index (Phi) is 7.50. The lowest BCUT2D eigenvalue weighted by Gasteiger charge is -2.50. The zero-order valence-corrected chi connectivity index (χ0v) is 25.1. The Bertz CT molecular complexity index is 1410. The maximum atomic E-state index is 13.5. The molecule has 7 rings (SSSR count). The highest BCUT2D eigenvalue weighted by Gasteiger charge is 2.56. The third kappa shape index (κ3) is 4.65. The van der Waals surface area contributed by atoms with E-state index in [4.69, 9.17) is 42.6 Å². The summed E-state index contributed by atoms with van der Waals surface area (Å²) in [6.07, 6.45) is -4.11. The second-order valence-corrected chi connectivity index (χ2v) is 12.0. The van der Waals surface area contributed by atoms with Crippen molar-refractivity contribution in [3.63, 3.8) is 0 Å². The smallest absolute Gasteiger partial charge is 0.310 e. The number of methoxy groups -OCH3 is 2. The minimum absolute atomic E-state index is 0.0618. The van der Waals surface area contributed by atoms with Crippen LogP contribution in [0.3, 0.4) is 0 Å². The molecule has 0 radical (unpaired) electrons. The van der Waals surface area contributed by atoms with E-state index in [1.807, 2.05) is 31.1 Å². The van der Waals surface area contributed by atoms with Crippen molar-refractivity contribution in [2.24, 2.45) is 11.8 Å². The fourth-order valence-electron chi connectivity index (χ4n) is 7.28. The Morgan fingerprint density at radius 1 is 0.932 bits per heavy atom. The molecule has 5 aliphatic rings. The van der Waals surface area contributed by atoms with Crippen LogP contribution in [-0.2, 0) is 28.5 Å². The Morgan fingerprint density at radius 3 is 2.27 bits per heavy atom. The number of ether oxygens (including phenoxy) is 9. The molecule has 1 aliphatic carbocycles. The number of aliphatic hydroxyl groups excluding tert-OH is 1. The Balaban J connectivity index is 1.33. The van der Waals surface area contributed by atoms with Crippen LogP contribution in [0.25, 0.3) is 0 Å². The highest BCUT2D eigenvalue weighted by Crippen LogP contribution is 2.57. The minimum Gasteiger partial charge on any atom is -0.502 e. The summed E-state index contributed by atoms with van der Waals surface area (Å²) in [5.74, 6) is -0.602. The van der Waals surface area contributed by atoms with Gasteiger partial charge in [-0.15, -0.1) is 0 Å². The highest BCUT2D eigenvalue weighted by atomic mass is 16.7. The number of hydrogen-bond donors (Lipinski definition) is 2. The van der Waals surface area contributed by atoms with Gasteiger partial charge in [-0.25, -0.2) is 0 Å². The molecule has 4 heterocycles. The van der Waals surface area contributed by atoms with Crippen molar-refractivity contribution in [3.8, 4) is 28.7 Å². The van der Waals surface area contributed by atoms with Crippen LogP contribution in [0.15, 0.2) is 24.3 Å². The first-order valence-corrected chi connectivity index (χ1v) is 14.7. The van der Waals surface area contributed by atoms with Crippen molar-refractivity contribution < 1.29 is 57.6 Å². The van der Waals surface area contributed by atoms with E-state index >= 15 is 0 Å². The number of phenolic OH excluding ortho intramolecular Hbond substituents is 1. The number of aromatic hydroxyl groups is 1. The first kappa shape index (κ1) is 29.4. The van der Waals surface area contributed by atoms with Crippen molar-refractivity contribution in [2.75, 3.05) is 48.3 Å². The van der Waals surface area contributed by atoms with Gasteiger partial charge in [-0.2, -0.15) is 0 Å². The SMILES string of the molecule is COc1cc(C2c3cc4c(cc3C(OC3OC5COC(C)OC5C(O)C3N(C)C)C3COC(=O)C23)OCO4)cc(OC)c1O. The first-order chi connectivity index (χ1) is 21.2. The topological polar surface area (TPSA) is 144 Å². The van der Waals surface area contributed by atoms with Gasteiger partial charge in [0.15, 0.2) is 35.6 Å². The summed E-state index contributed by atoms with van der Waals surface area (Å²) in [4.78, 5) is 15.4. The van der Waals surface area contributed by atoms with Crippen molar-refractivity contribution >= 4 is 5.97 Å². The van der Waals surface area contributed by atoms with Crippen LogP contribution in [0.4, 0.5) is 0 Å². The van der Waals surface area contributed by atoms with Gasteiger partial charge in [-0.3, -0.25) is 9.69 Å². The molecular weight excluding hydrogens is 578 g/mol. The monoisotopic (exact) mass is 615 g/mol. The summed E-state index contributed by atoms with van der Waals surface area (Å²) < 4.78 is 53.0. The van der Waals surface area contributed by atoms with Crippen LogP contribution in [0, 0.1) is 11.8 Å². The molecule has 2 aromatic carbocycles. The largest absolute Gasteiger partial charge is 0.502 e. The molecule has 10 atom stereocenters. The standard InChI is InChI=1S/C31H37NO12/c1-13-38-11-22-29(42-13)27(34)25(32(2)3)31(43-22)44-28-16-9-19-18(40-12-41-19)8-15(16)23(24-17(28)10-39-30(24)35)14-6-20(36-4)26(33)21(7-14)37-5/h6-9,13,17,22-25,27-29,31,33-34H,10-12H2,1-5H3. The molecule has 0 spiro atoms. The third-order valence-corrected chi connectivity index (χ3v) is 9.34. The van der Waals surface area contributed by atoms with E-state index in [9.17, 15) is 15.0 Å². The van der Waals surface area contributed by atoms with Gasteiger partial charge >= 0.3 is 5.97 Å². The quantitative estimate of drug-likeness (QED) is 0.457. The van der Waals surface area contributed by atoms with Gasteiger partial charge in [0.05, 0.1) is 45.5 Å². The molecule has 3 fully saturated rings. The van der Waals surface area contributed by atoms with Gasteiger partial charge in [-0.05, 0) is 62.0 Å².